The van der Waals surface area contributed by atoms with E-state index < -0.39 is 24.5 Å². The highest BCUT2D eigenvalue weighted by Gasteiger charge is 2.13. The highest BCUT2D eigenvalue weighted by molar-refractivity contribution is 6.30. The van der Waals surface area contributed by atoms with Crippen molar-refractivity contribution in [1.29, 1.82) is 0 Å². The Balaban J connectivity index is 1.83. The molecule has 2 rings (SSSR count). The summed E-state index contributed by atoms with van der Waals surface area (Å²) in [6, 6.07) is 11.1. The number of carbonyl (C=O) groups is 3. The van der Waals surface area contributed by atoms with Crippen molar-refractivity contribution in [2.24, 2.45) is 0 Å². The second-order valence-corrected chi connectivity index (χ2v) is 6.49. The molecule has 0 fully saturated rings. The quantitative estimate of drug-likeness (QED) is 0.624. The van der Waals surface area contributed by atoms with Gasteiger partial charge in [-0.05, 0) is 48.9 Å². The van der Waals surface area contributed by atoms with E-state index in [0.29, 0.717) is 34.2 Å². The lowest BCUT2D eigenvalue weighted by molar-refractivity contribution is -0.146. The monoisotopic (exact) mass is 419 g/mol. The van der Waals surface area contributed by atoms with Gasteiger partial charge >= 0.3 is 11.9 Å². The predicted octanol–water partition coefficient (Wildman–Crippen LogP) is 3.64. The molecule has 0 saturated heterocycles. The lowest BCUT2D eigenvalue weighted by Crippen LogP contribution is -2.21. The van der Waals surface area contributed by atoms with Gasteiger partial charge in [0.15, 0.2) is 6.61 Å². The molecule has 0 aliphatic rings. The number of anilines is 1. The lowest BCUT2D eigenvalue weighted by Gasteiger charge is -2.10. The SMILES string of the molecule is CCCOC(=O)c1ccc(NC(=O)COC(=O)Cc2cc(Cl)ccc2OC)cc1. The Hall–Kier alpha value is -3.06. The number of esters is 2. The Kier molecular flexibility index (Phi) is 8.48. The molecule has 1 N–H and O–H groups in total. The summed E-state index contributed by atoms with van der Waals surface area (Å²) in [4.78, 5) is 35.7. The number of methoxy groups -OCH3 is 1. The average Bonchev–Trinajstić information content (AvgIpc) is 2.71. The fourth-order valence-electron chi connectivity index (χ4n) is 2.40. The van der Waals surface area contributed by atoms with E-state index >= 15 is 0 Å². The molecule has 0 atom stereocenters. The van der Waals surface area contributed by atoms with Gasteiger partial charge < -0.3 is 19.5 Å². The molecule has 0 aliphatic heterocycles. The van der Waals surface area contributed by atoms with Gasteiger partial charge in [-0.25, -0.2) is 4.79 Å². The molecule has 2 aromatic carbocycles. The first kappa shape index (κ1) is 22.2. The molecule has 0 spiro atoms. The van der Waals surface area contributed by atoms with Gasteiger partial charge in [0.25, 0.3) is 5.91 Å². The molecule has 29 heavy (non-hydrogen) atoms. The molecule has 0 aliphatic carbocycles. The van der Waals surface area contributed by atoms with Crippen LogP contribution in [0.5, 0.6) is 5.75 Å². The van der Waals surface area contributed by atoms with Crippen LogP contribution in [-0.4, -0.2) is 38.2 Å². The first-order valence-electron chi connectivity index (χ1n) is 8.98. The van der Waals surface area contributed by atoms with E-state index in [9.17, 15) is 14.4 Å². The van der Waals surface area contributed by atoms with Crippen molar-refractivity contribution < 1.29 is 28.6 Å². The molecular formula is C21H22ClNO6. The van der Waals surface area contributed by atoms with Crippen molar-refractivity contribution in [3.8, 4) is 5.75 Å². The van der Waals surface area contributed by atoms with Gasteiger partial charge in [-0.1, -0.05) is 18.5 Å². The lowest BCUT2D eigenvalue weighted by atomic mass is 10.1. The molecule has 7 nitrogen and oxygen atoms in total. The van der Waals surface area contributed by atoms with Gasteiger partial charge in [-0.15, -0.1) is 0 Å². The van der Waals surface area contributed by atoms with E-state index in [1.54, 1.807) is 42.5 Å². The highest BCUT2D eigenvalue weighted by atomic mass is 35.5. The van der Waals surface area contributed by atoms with Crippen LogP contribution < -0.4 is 10.1 Å². The average molecular weight is 420 g/mol. The molecule has 2 aromatic rings. The minimum absolute atomic E-state index is 0.0778. The number of halogens is 1. The Morgan fingerprint density at radius 1 is 1.03 bits per heavy atom. The number of amides is 1. The number of rotatable bonds is 9. The minimum Gasteiger partial charge on any atom is -0.496 e. The van der Waals surface area contributed by atoms with Crippen molar-refractivity contribution in [3.63, 3.8) is 0 Å². The zero-order chi connectivity index (χ0) is 21.2. The summed E-state index contributed by atoms with van der Waals surface area (Å²) < 4.78 is 15.2. The maximum Gasteiger partial charge on any atom is 0.338 e. The third-order valence-corrected chi connectivity index (χ3v) is 4.02. The van der Waals surface area contributed by atoms with Crippen LogP contribution >= 0.6 is 11.6 Å². The Labute approximate surface area is 173 Å². The van der Waals surface area contributed by atoms with Gasteiger partial charge in [0.05, 0.1) is 25.7 Å². The molecule has 1 amide bonds. The summed E-state index contributed by atoms with van der Waals surface area (Å²) in [5, 5.41) is 3.05. The second kappa shape index (κ2) is 11.1. The molecule has 0 bridgehead atoms. The largest absolute Gasteiger partial charge is 0.496 e. The summed E-state index contributed by atoms with van der Waals surface area (Å²) in [7, 11) is 1.49. The van der Waals surface area contributed by atoms with E-state index in [2.05, 4.69) is 5.32 Å². The second-order valence-electron chi connectivity index (χ2n) is 6.06. The van der Waals surface area contributed by atoms with Crippen LogP contribution in [0.1, 0.15) is 29.3 Å². The van der Waals surface area contributed by atoms with Gasteiger partial charge in [0.1, 0.15) is 5.75 Å². The predicted molar refractivity (Wildman–Crippen MR) is 108 cm³/mol. The van der Waals surface area contributed by atoms with Crippen LogP contribution in [0.15, 0.2) is 42.5 Å². The maximum atomic E-state index is 12.0. The zero-order valence-corrected chi connectivity index (χ0v) is 17.0. The highest BCUT2D eigenvalue weighted by Crippen LogP contribution is 2.23. The number of hydrogen-bond acceptors (Lipinski definition) is 6. The maximum absolute atomic E-state index is 12.0. The van der Waals surface area contributed by atoms with Gasteiger partial charge in [0.2, 0.25) is 0 Å². The smallest absolute Gasteiger partial charge is 0.338 e. The number of carbonyl (C=O) groups excluding carboxylic acids is 3. The fourth-order valence-corrected chi connectivity index (χ4v) is 2.60. The molecule has 0 saturated carbocycles. The topological polar surface area (TPSA) is 90.9 Å². The van der Waals surface area contributed by atoms with Crippen molar-refractivity contribution in [1.82, 2.24) is 0 Å². The third kappa shape index (κ3) is 7.12. The fraction of sp³-hybridized carbons (Fsp3) is 0.286. The standard InChI is InChI=1S/C21H22ClNO6/c1-3-10-28-21(26)14-4-7-17(8-5-14)23-19(24)13-29-20(25)12-15-11-16(22)6-9-18(15)27-2/h4-9,11H,3,10,12-13H2,1-2H3,(H,23,24). The van der Waals surface area contributed by atoms with Crippen LogP contribution in [0.3, 0.4) is 0 Å². The van der Waals surface area contributed by atoms with E-state index in [1.165, 1.54) is 7.11 Å². The molecule has 0 unspecified atom stereocenters. The number of benzene rings is 2. The third-order valence-electron chi connectivity index (χ3n) is 3.78. The van der Waals surface area contributed by atoms with Crippen molar-refractivity contribution in [2.75, 3.05) is 25.6 Å². The summed E-state index contributed by atoms with van der Waals surface area (Å²) in [5.41, 5.74) is 1.42. The molecule has 0 radical (unpaired) electrons. The number of nitrogens with one attached hydrogen (secondary N) is 1. The summed E-state index contributed by atoms with van der Waals surface area (Å²) in [6.45, 7) is 1.82. The molecule has 154 valence electrons. The van der Waals surface area contributed by atoms with Crippen molar-refractivity contribution in [3.05, 3.63) is 58.6 Å². The molecule has 0 heterocycles. The van der Waals surface area contributed by atoms with Crippen LogP contribution in [0.2, 0.25) is 5.02 Å². The first-order valence-corrected chi connectivity index (χ1v) is 9.35. The van der Waals surface area contributed by atoms with Crippen molar-refractivity contribution >= 4 is 35.1 Å². The number of hydrogen-bond donors (Lipinski definition) is 1. The number of ether oxygens (including phenoxy) is 3. The normalized spacial score (nSPS) is 10.2. The van der Waals surface area contributed by atoms with E-state index in [4.69, 9.17) is 25.8 Å². The Bertz CT molecular complexity index is 866. The van der Waals surface area contributed by atoms with E-state index in [-0.39, 0.29) is 6.42 Å². The van der Waals surface area contributed by atoms with Gasteiger partial charge in [0, 0.05) is 16.3 Å². The van der Waals surface area contributed by atoms with E-state index in [1.807, 2.05) is 6.92 Å². The molecular weight excluding hydrogens is 398 g/mol. The molecule has 8 heteroatoms. The van der Waals surface area contributed by atoms with Gasteiger partial charge in [-0.3, -0.25) is 9.59 Å². The summed E-state index contributed by atoms with van der Waals surface area (Å²) in [6.07, 6.45) is 0.661. The Morgan fingerprint density at radius 2 is 1.76 bits per heavy atom. The van der Waals surface area contributed by atoms with E-state index in [0.717, 1.165) is 6.42 Å². The Morgan fingerprint density at radius 3 is 2.41 bits per heavy atom. The van der Waals surface area contributed by atoms with Crippen LogP contribution in [-0.2, 0) is 25.5 Å². The van der Waals surface area contributed by atoms with Gasteiger partial charge in [-0.2, -0.15) is 0 Å². The first-order chi connectivity index (χ1) is 13.9. The zero-order valence-electron chi connectivity index (χ0n) is 16.2. The molecule has 0 aromatic heterocycles. The minimum atomic E-state index is -0.588. The van der Waals surface area contributed by atoms with Crippen LogP contribution in [0, 0.1) is 0 Å². The van der Waals surface area contributed by atoms with Crippen molar-refractivity contribution in [2.45, 2.75) is 19.8 Å². The van der Waals surface area contributed by atoms with Crippen LogP contribution in [0.25, 0.3) is 0 Å². The summed E-state index contributed by atoms with van der Waals surface area (Å²) >= 11 is 5.93. The summed E-state index contributed by atoms with van der Waals surface area (Å²) in [5.74, 6) is -1.00. The van der Waals surface area contributed by atoms with Crippen LogP contribution in [0.4, 0.5) is 5.69 Å².